The van der Waals surface area contributed by atoms with E-state index in [0.29, 0.717) is 0 Å². The van der Waals surface area contributed by atoms with Crippen molar-refractivity contribution in [3.8, 4) is 0 Å². The van der Waals surface area contributed by atoms with E-state index >= 15 is 0 Å². The van der Waals surface area contributed by atoms with E-state index < -0.39 is 9.84 Å². The minimum absolute atomic E-state index is 0.0141. The molecule has 7 heteroatoms. The van der Waals surface area contributed by atoms with E-state index in [4.69, 9.17) is 0 Å². The molecule has 1 aliphatic heterocycles. The van der Waals surface area contributed by atoms with Crippen molar-refractivity contribution in [2.45, 2.75) is 11.1 Å². The summed E-state index contributed by atoms with van der Waals surface area (Å²) in [5.41, 5.74) is 0.974. The third-order valence-corrected chi connectivity index (χ3v) is 4.88. The van der Waals surface area contributed by atoms with Gasteiger partial charge in [-0.15, -0.1) is 11.8 Å². The van der Waals surface area contributed by atoms with Crippen LogP contribution in [0.4, 0.5) is 0 Å². The van der Waals surface area contributed by atoms with Gasteiger partial charge in [0, 0.05) is 17.7 Å². The lowest BCUT2D eigenvalue weighted by atomic mass is 10.1. The molecule has 0 radical (unpaired) electrons. The van der Waals surface area contributed by atoms with Crippen LogP contribution in [0.2, 0.25) is 0 Å². The molecule has 1 atom stereocenters. The van der Waals surface area contributed by atoms with Gasteiger partial charge in [-0.05, 0) is 24.0 Å². The van der Waals surface area contributed by atoms with Crippen LogP contribution in [0.15, 0.2) is 29.2 Å². The lowest BCUT2D eigenvalue weighted by Gasteiger charge is -2.24. The summed E-state index contributed by atoms with van der Waals surface area (Å²) in [5, 5.41) is 3.12. The number of benzene rings is 1. The van der Waals surface area contributed by atoms with E-state index in [0.717, 1.165) is 10.5 Å². The smallest absolute Gasteiger partial charge is 0.238 e. The summed E-state index contributed by atoms with van der Waals surface area (Å²) in [6, 6.07) is 7.93. The molecule has 1 amide bonds. The maximum absolute atomic E-state index is 11.9. The zero-order chi connectivity index (χ0) is 14.8. The fourth-order valence-electron chi connectivity index (χ4n) is 2.14. The molecular weight excluding hydrogens is 296 g/mol. The molecule has 0 spiro atoms. The van der Waals surface area contributed by atoms with Crippen LogP contribution < -0.4 is 5.32 Å². The predicted molar refractivity (Wildman–Crippen MR) is 80.4 cm³/mol. The van der Waals surface area contributed by atoms with Crippen molar-refractivity contribution in [3.63, 3.8) is 0 Å². The van der Waals surface area contributed by atoms with Gasteiger partial charge in [-0.3, -0.25) is 10.1 Å². The first-order valence-corrected chi connectivity index (χ1v) is 9.54. The highest BCUT2D eigenvalue weighted by molar-refractivity contribution is 7.98. The summed E-state index contributed by atoms with van der Waals surface area (Å²) < 4.78 is 22.5. The number of carbonyl (C=O) groups is 1. The molecule has 1 N–H and O–H groups in total. The summed E-state index contributed by atoms with van der Waals surface area (Å²) >= 11 is 1.65. The molecule has 1 fully saturated rings. The summed E-state index contributed by atoms with van der Waals surface area (Å²) in [7, 11) is -3.08. The number of thioether (sulfide) groups is 1. The monoisotopic (exact) mass is 314 g/mol. The first kappa shape index (κ1) is 15.3. The molecule has 1 saturated heterocycles. The van der Waals surface area contributed by atoms with E-state index in [1.165, 1.54) is 6.26 Å². The average molecular weight is 314 g/mol. The van der Waals surface area contributed by atoms with Crippen LogP contribution in [-0.4, -0.2) is 50.6 Å². The Hall–Kier alpha value is -1.05. The van der Waals surface area contributed by atoms with Crippen LogP contribution in [-0.2, 0) is 14.6 Å². The summed E-state index contributed by atoms with van der Waals surface area (Å²) in [6.07, 6.45) is 2.95. The van der Waals surface area contributed by atoms with Gasteiger partial charge < -0.3 is 4.90 Å². The fourth-order valence-corrected chi connectivity index (χ4v) is 3.08. The van der Waals surface area contributed by atoms with Gasteiger partial charge in [0.25, 0.3) is 0 Å². The zero-order valence-corrected chi connectivity index (χ0v) is 13.1. The van der Waals surface area contributed by atoms with Gasteiger partial charge in [0.2, 0.25) is 5.91 Å². The summed E-state index contributed by atoms with van der Waals surface area (Å²) in [4.78, 5) is 14.6. The number of rotatable bonds is 5. The third kappa shape index (κ3) is 3.74. The van der Waals surface area contributed by atoms with E-state index in [9.17, 15) is 13.2 Å². The highest BCUT2D eigenvalue weighted by atomic mass is 32.2. The molecule has 0 saturated carbocycles. The van der Waals surface area contributed by atoms with Crippen LogP contribution >= 0.6 is 11.8 Å². The Morgan fingerprint density at radius 2 is 2.00 bits per heavy atom. The van der Waals surface area contributed by atoms with Gasteiger partial charge in [0.15, 0.2) is 0 Å². The predicted octanol–water partition coefficient (Wildman–Crippen LogP) is 0.883. The molecule has 0 aromatic heterocycles. The molecule has 2 rings (SSSR count). The van der Waals surface area contributed by atoms with Gasteiger partial charge in [-0.1, -0.05) is 12.1 Å². The average Bonchev–Trinajstić information content (AvgIpc) is 2.77. The number of carbonyl (C=O) groups excluding carboxylic acids is 1. The van der Waals surface area contributed by atoms with Crippen molar-refractivity contribution >= 4 is 27.5 Å². The van der Waals surface area contributed by atoms with Crippen molar-refractivity contribution in [1.29, 1.82) is 0 Å². The topological polar surface area (TPSA) is 66.5 Å². The fraction of sp³-hybridized carbons (Fsp3) is 0.462. The molecule has 1 aromatic rings. The highest BCUT2D eigenvalue weighted by Crippen LogP contribution is 2.24. The summed E-state index contributed by atoms with van der Waals surface area (Å²) in [5.74, 6) is -0.0765. The second-order valence-electron chi connectivity index (χ2n) is 4.77. The molecule has 110 valence electrons. The second-order valence-corrected chi connectivity index (χ2v) is 7.91. The quantitative estimate of drug-likeness (QED) is 0.818. The zero-order valence-electron chi connectivity index (χ0n) is 11.5. The van der Waals surface area contributed by atoms with E-state index in [2.05, 4.69) is 5.32 Å². The normalized spacial score (nSPS) is 19.6. The molecule has 1 unspecified atom stereocenters. The number of nitrogens with zero attached hydrogens (tertiary/aromatic N) is 1. The Balaban J connectivity index is 2.14. The number of hydrogen-bond donors (Lipinski definition) is 1. The molecule has 0 bridgehead atoms. The van der Waals surface area contributed by atoms with Gasteiger partial charge in [0.1, 0.15) is 16.0 Å². The Labute approximate surface area is 123 Å². The van der Waals surface area contributed by atoms with Crippen LogP contribution in [0, 0.1) is 0 Å². The first-order valence-electron chi connectivity index (χ1n) is 6.25. The largest absolute Gasteiger partial charge is 0.321 e. The lowest BCUT2D eigenvalue weighted by molar-refractivity contribution is -0.127. The van der Waals surface area contributed by atoms with E-state index in [-0.39, 0.29) is 30.9 Å². The molecule has 0 aliphatic carbocycles. The van der Waals surface area contributed by atoms with Gasteiger partial charge in [-0.2, -0.15) is 0 Å². The Kier molecular flexibility index (Phi) is 4.72. The van der Waals surface area contributed by atoms with Crippen molar-refractivity contribution in [3.05, 3.63) is 29.8 Å². The molecular formula is C13H18N2O3S2. The van der Waals surface area contributed by atoms with Crippen molar-refractivity contribution in [2.24, 2.45) is 0 Å². The van der Waals surface area contributed by atoms with Crippen LogP contribution in [0.5, 0.6) is 0 Å². The van der Waals surface area contributed by atoms with E-state index in [1.54, 1.807) is 16.7 Å². The third-order valence-electron chi connectivity index (χ3n) is 3.21. The molecule has 20 heavy (non-hydrogen) atoms. The number of hydrogen-bond acceptors (Lipinski definition) is 5. The van der Waals surface area contributed by atoms with E-state index in [1.807, 2.05) is 30.5 Å². The molecule has 1 heterocycles. The number of sulfone groups is 1. The Bertz CT molecular complexity index is 584. The van der Waals surface area contributed by atoms with Crippen molar-refractivity contribution in [2.75, 3.05) is 31.4 Å². The van der Waals surface area contributed by atoms with Gasteiger partial charge >= 0.3 is 0 Å². The minimum Gasteiger partial charge on any atom is -0.321 e. The molecule has 5 nitrogen and oxygen atoms in total. The molecule has 1 aliphatic rings. The number of amides is 1. The Morgan fingerprint density at radius 3 is 2.55 bits per heavy atom. The van der Waals surface area contributed by atoms with Crippen molar-refractivity contribution in [1.82, 2.24) is 10.2 Å². The van der Waals surface area contributed by atoms with Gasteiger partial charge in [-0.25, -0.2) is 8.42 Å². The second kappa shape index (κ2) is 6.15. The van der Waals surface area contributed by atoms with Gasteiger partial charge in [0.05, 0.1) is 12.3 Å². The summed E-state index contributed by atoms with van der Waals surface area (Å²) in [6.45, 7) is 0.471. The Morgan fingerprint density at radius 1 is 1.35 bits per heavy atom. The highest BCUT2D eigenvalue weighted by Gasteiger charge is 2.31. The van der Waals surface area contributed by atoms with Crippen molar-refractivity contribution < 1.29 is 13.2 Å². The first-order chi connectivity index (χ1) is 9.40. The van der Waals surface area contributed by atoms with Crippen LogP contribution in [0.3, 0.4) is 0 Å². The van der Waals surface area contributed by atoms with Crippen LogP contribution in [0.1, 0.15) is 11.7 Å². The molecule has 1 aromatic carbocycles. The maximum atomic E-state index is 11.9. The minimum atomic E-state index is -3.08. The lowest BCUT2D eigenvalue weighted by Crippen LogP contribution is -2.34. The standard InChI is InChI=1S/C13H18N2O3S2/c1-19-11-5-3-10(4-6-11)13-14-9-12(16)15(13)7-8-20(2,17)18/h3-6,13-14H,7-9H2,1-2H3. The number of nitrogens with one attached hydrogen (secondary N) is 1. The van der Waals surface area contributed by atoms with Crippen LogP contribution in [0.25, 0.3) is 0 Å². The SMILES string of the molecule is CSc1ccc(C2NCC(=O)N2CCS(C)(=O)=O)cc1. The maximum Gasteiger partial charge on any atom is 0.238 e.